The SMILES string of the molecule is O=C(O)C(CS(=O)c1cccc(F)c1)C(F)(F)F. The van der Waals surface area contributed by atoms with E-state index >= 15 is 0 Å². The lowest BCUT2D eigenvalue weighted by Gasteiger charge is -2.15. The highest BCUT2D eigenvalue weighted by molar-refractivity contribution is 7.85. The lowest BCUT2D eigenvalue weighted by molar-refractivity contribution is -0.188. The standard InChI is InChI=1S/C10H8F4O3S/c11-6-2-1-3-7(4-6)18(17)5-8(9(15)16)10(12,13)14/h1-4,8H,5H2,(H,15,16). The van der Waals surface area contributed by atoms with Gasteiger partial charge in [0.15, 0.2) is 5.92 Å². The number of benzene rings is 1. The number of rotatable bonds is 4. The van der Waals surface area contributed by atoms with Crippen molar-refractivity contribution in [2.75, 3.05) is 5.75 Å². The molecule has 18 heavy (non-hydrogen) atoms. The van der Waals surface area contributed by atoms with Gasteiger partial charge in [0, 0.05) is 4.90 Å². The van der Waals surface area contributed by atoms with Crippen molar-refractivity contribution in [3.8, 4) is 0 Å². The predicted molar refractivity (Wildman–Crippen MR) is 54.9 cm³/mol. The highest BCUT2D eigenvalue weighted by atomic mass is 32.2. The number of hydrogen-bond donors (Lipinski definition) is 1. The Bertz CT molecular complexity index is 472. The zero-order valence-electron chi connectivity index (χ0n) is 8.78. The fraction of sp³-hybridized carbons (Fsp3) is 0.300. The Labute approximate surface area is 102 Å². The Kier molecular flexibility index (Phi) is 4.44. The van der Waals surface area contributed by atoms with Crippen LogP contribution < -0.4 is 0 Å². The molecule has 0 spiro atoms. The molecule has 1 rings (SSSR count). The van der Waals surface area contributed by atoms with Crippen molar-refractivity contribution >= 4 is 16.8 Å². The second-order valence-corrected chi connectivity index (χ2v) is 4.90. The second-order valence-electron chi connectivity index (χ2n) is 3.40. The van der Waals surface area contributed by atoms with E-state index in [1.54, 1.807) is 0 Å². The van der Waals surface area contributed by atoms with Crippen LogP contribution in [0.2, 0.25) is 0 Å². The normalized spacial score (nSPS) is 15.1. The number of carboxylic acids is 1. The van der Waals surface area contributed by atoms with Crippen LogP contribution in [-0.2, 0) is 15.6 Å². The summed E-state index contributed by atoms with van der Waals surface area (Å²) < 4.78 is 61.3. The third-order valence-electron chi connectivity index (χ3n) is 2.07. The third kappa shape index (κ3) is 3.80. The summed E-state index contributed by atoms with van der Waals surface area (Å²) in [5.41, 5.74) is 0. The number of alkyl halides is 3. The fourth-order valence-corrected chi connectivity index (χ4v) is 2.46. The summed E-state index contributed by atoms with van der Waals surface area (Å²) >= 11 is 0. The van der Waals surface area contributed by atoms with Crippen LogP contribution in [0.1, 0.15) is 0 Å². The number of halogens is 4. The average Bonchev–Trinajstić information content (AvgIpc) is 2.23. The summed E-state index contributed by atoms with van der Waals surface area (Å²) in [4.78, 5) is 10.3. The third-order valence-corrected chi connectivity index (χ3v) is 3.49. The van der Waals surface area contributed by atoms with Gasteiger partial charge in [-0.05, 0) is 18.2 Å². The van der Waals surface area contributed by atoms with Gasteiger partial charge in [-0.1, -0.05) is 6.07 Å². The van der Waals surface area contributed by atoms with Crippen LogP contribution in [0.15, 0.2) is 29.2 Å². The zero-order valence-corrected chi connectivity index (χ0v) is 9.59. The Balaban J connectivity index is 2.89. The maximum absolute atomic E-state index is 12.8. The van der Waals surface area contributed by atoms with E-state index in [4.69, 9.17) is 5.11 Å². The summed E-state index contributed by atoms with van der Waals surface area (Å²) in [5.74, 6) is -6.73. The summed E-state index contributed by atoms with van der Waals surface area (Å²) in [5, 5.41) is 8.43. The van der Waals surface area contributed by atoms with Gasteiger partial charge in [-0.15, -0.1) is 0 Å². The van der Waals surface area contributed by atoms with E-state index in [1.807, 2.05) is 0 Å². The zero-order chi connectivity index (χ0) is 13.9. The first kappa shape index (κ1) is 14.6. The summed E-state index contributed by atoms with van der Waals surface area (Å²) in [6.45, 7) is 0. The Hall–Kier alpha value is -1.44. The van der Waals surface area contributed by atoms with Crippen LogP contribution in [0.5, 0.6) is 0 Å². The summed E-state index contributed by atoms with van der Waals surface area (Å²) in [6.07, 6.45) is -4.99. The molecule has 0 aromatic heterocycles. The molecule has 1 aromatic carbocycles. The first-order valence-electron chi connectivity index (χ1n) is 4.65. The fourth-order valence-electron chi connectivity index (χ4n) is 1.16. The highest BCUT2D eigenvalue weighted by Crippen LogP contribution is 2.28. The van der Waals surface area contributed by atoms with Gasteiger partial charge in [0.05, 0.1) is 16.6 Å². The van der Waals surface area contributed by atoms with Crippen LogP contribution in [0.3, 0.4) is 0 Å². The van der Waals surface area contributed by atoms with E-state index < -0.39 is 40.4 Å². The van der Waals surface area contributed by atoms with Gasteiger partial charge < -0.3 is 5.11 Å². The maximum Gasteiger partial charge on any atom is 0.403 e. The minimum Gasteiger partial charge on any atom is -0.481 e. The van der Waals surface area contributed by atoms with Crippen molar-refractivity contribution < 1.29 is 31.7 Å². The van der Waals surface area contributed by atoms with Crippen LogP contribution in [-0.4, -0.2) is 27.2 Å². The second kappa shape index (κ2) is 5.47. The molecule has 8 heteroatoms. The molecule has 0 heterocycles. The van der Waals surface area contributed by atoms with E-state index in [1.165, 1.54) is 12.1 Å². The lowest BCUT2D eigenvalue weighted by atomic mass is 10.2. The van der Waals surface area contributed by atoms with E-state index in [-0.39, 0.29) is 4.90 Å². The first-order chi connectivity index (χ1) is 8.21. The maximum atomic E-state index is 12.8. The molecular weight excluding hydrogens is 276 g/mol. The van der Waals surface area contributed by atoms with Crippen LogP contribution in [0, 0.1) is 11.7 Å². The van der Waals surface area contributed by atoms with Crippen molar-refractivity contribution in [2.45, 2.75) is 11.1 Å². The van der Waals surface area contributed by atoms with Crippen molar-refractivity contribution in [2.24, 2.45) is 5.92 Å². The van der Waals surface area contributed by atoms with Crippen molar-refractivity contribution in [1.82, 2.24) is 0 Å². The molecule has 1 aromatic rings. The van der Waals surface area contributed by atoms with Crippen molar-refractivity contribution in [3.63, 3.8) is 0 Å². The van der Waals surface area contributed by atoms with Gasteiger partial charge >= 0.3 is 12.1 Å². The molecule has 100 valence electrons. The van der Waals surface area contributed by atoms with Gasteiger partial charge in [0.1, 0.15) is 5.82 Å². The molecule has 0 radical (unpaired) electrons. The quantitative estimate of drug-likeness (QED) is 0.862. The summed E-state index contributed by atoms with van der Waals surface area (Å²) in [6, 6.07) is 4.21. The van der Waals surface area contributed by atoms with E-state index in [0.717, 1.165) is 12.1 Å². The van der Waals surface area contributed by atoms with Gasteiger partial charge in [-0.2, -0.15) is 13.2 Å². The predicted octanol–water partition coefficient (Wildman–Crippen LogP) is 2.20. The number of carbonyl (C=O) groups is 1. The molecule has 0 saturated carbocycles. The minimum absolute atomic E-state index is 0.175. The average molecular weight is 284 g/mol. The summed E-state index contributed by atoms with van der Waals surface area (Å²) in [7, 11) is -2.23. The molecule has 3 nitrogen and oxygen atoms in total. The van der Waals surface area contributed by atoms with E-state index in [0.29, 0.717) is 0 Å². The molecule has 0 aliphatic heterocycles. The molecule has 0 bridgehead atoms. The molecule has 0 fully saturated rings. The molecule has 0 amide bonds. The topological polar surface area (TPSA) is 54.4 Å². The molecule has 0 aliphatic rings. The first-order valence-corrected chi connectivity index (χ1v) is 5.97. The van der Waals surface area contributed by atoms with E-state index in [2.05, 4.69) is 0 Å². The van der Waals surface area contributed by atoms with Crippen LogP contribution in [0.25, 0.3) is 0 Å². The minimum atomic E-state index is -4.99. The lowest BCUT2D eigenvalue weighted by Crippen LogP contribution is -2.35. The Morgan fingerprint density at radius 2 is 2.00 bits per heavy atom. The van der Waals surface area contributed by atoms with Gasteiger partial charge in [-0.25, -0.2) is 4.39 Å². The van der Waals surface area contributed by atoms with Gasteiger partial charge in [0.2, 0.25) is 0 Å². The van der Waals surface area contributed by atoms with Crippen molar-refractivity contribution in [3.05, 3.63) is 30.1 Å². The number of carboxylic acid groups (broad SMARTS) is 1. The molecule has 0 saturated heterocycles. The van der Waals surface area contributed by atoms with Gasteiger partial charge in [-0.3, -0.25) is 9.00 Å². The van der Waals surface area contributed by atoms with Crippen molar-refractivity contribution in [1.29, 1.82) is 0 Å². The molecule has 1 N–H and O–H groups in total. The monoisotopic (exact) mass is 284 g/mol. The molecule has 2 atom stereocenters. The van der Waals surface area contributed by atoms with Crippen LogP contribution in [0.4, 0.5) is 17.6 Å². The Morgan fingerprint density at radius 3 is 2.44 bits per heavy atom. The highest BCUT2D eigenvalue weighted by Gasteiger charge is 2.46. The van der Waals surface area contributed by atoms with E-state index in [9.17, 15) is 26.6 Å². The largest absolute Gasteiger partial charge is 0.481 e. The Morgan fingerprint density at radius 1 is 1.39 bits per heavy atom. The van der Waals surface area contributed by atoms with Crippen LogP contribution >= 0.6 is 0 Å². The smallest absolute Gasteiger partial charge is 0.403 e. The molecule has 2 unspecified atom stereocenters. The molecular formula is C10H8F4O3S. The van der Waals surface area contributed by atoms with Gasteiger partial charge in [0.25, 0.3) is 0 Å². The number of aliphatic carboxylic acids is 1. The molecule has 0 aliphatic carbocycles. The number of hydrogen-bond acceptors (Lipinski definition) is 2.